The average Bonchev–Trinajstić information content (AvgIpc) is 2.66. The Morgan fingerprint density at radius 1 is 1.11 bits per heavy atom. The van der Waals surface area contributed by atoms with Crippen molar-refractivity contribution in [2.45, 2.75) is 32.2 Å². The molecule has 0 heterocycles. The lowest BCUT2D eigenvalue weighted by atomic mass is 10.1. The minimum atomic E-state index is -0.665. The molecule has 0 saturated heterocycles. The fourth-order valence-corrected chi connectivity index (χ4v) is 3.65. The molecule has 0 aliphatic heterocycles. The second-order valence-electron chi connectivity index (χ2n) is 6.37. The van der Waals surface area contributed by atoms with Gasteiger partial charge in [0.25, 0.3) is 5.91 Å². The van der Waals surface area contributed by atoms with E-state index in [1.54, 1.807) is 23.9 Å². The van der Waals surface area contributed by atoms with E-state index >= 15 is 0 Å². The lowest BCUT2D eigenvalue weighted by Crippen LogP contribution is -2.44. The Labute approximate surface area is 180 Å². The van der Waals surface area contributed by atoms with Crippen LogP contribution in [-0.2, 0) is 11.2 Å². The molecule has 0 bridgehead atoms. The Bertz CT molecular complexity index is 813. The van der Waals surface area contributed by atoms with E-state index in [0.717, 1.165) is 18.6 Å². The molecule has 2 aromatic carbocycles. The molecule has 0 aliphatic rings. The highest BCUT2D eigenvalue weighted by Crippen LogP contribution is 2.21. The molecule has 0 aliphatic carbocycles. The Balaban J connectivity index is 2.08. The molecule has 2 N–H and O–H groups in total. The number of halogens is 2. The highest BCUT2D eigenvalue weighted by Gasteiger charge is 2.22. The molecule has 0 fully saturated rings. The van der Waals surface area contributed by atoms with Crippen molar-refractivity contribution in [3.8, 4) is 0 Å². The van der Waals surface area contributed by atoms with Crippen molar-refractivity contribution in [2.24, 2.45) is 0 Å². The molecule has 2 rings (SSSR count). The minimum Gasteiger partial charge on any atom is -0.340 e. The summed E-state index contributed by atoms with van der Waals surface area (Å²) in [7, 11) is 0. The molecule has 0 unspecified atom stereocenters. The van der Waals surface area contributed by atoms with E-state index in [2.05, 4.69) is 17.6 Å². The molecule has 2 amide bonds. The SMILES string of the molecule is CCCc1ccc(NC(=O)[C@@H](CCSC)NC(=O)c2ccc(Cl)cc2Cl)cc1. The van der Waals surface area contributed by atoms with Crippen molar-refractivity contribution in [2.75, 3.05) is 17.3 Å². The maximum absolute atomic E-state index is 12.7. The molecule has 4 nitrogen and oxygen atoms in total. The minimum absolute atomic E-state index is 0.250. The molecular formula is C21H24Cl2N2O2S. The van der Waals surface area contributed by atoms with Gasteiger partial charge in [0.05, 0.1) is 10.6 Å². The molecule has 0 aromatic heterocycles. The summed E-state index contributed by atoms with van der Waals surface area (Å²) in [5.41, 5.74) is 2.22. The van der Waals surface area contributed by atoms with Gasteiger partial charge >= 0.3 is 0 Å². The fourth-order valence-electron chi connectivity index (χ4n) is 2.69. The van der Waals surface area contributed by atoms with E-state index in [9.17, 15) is 9.59 Å². The van der Waals surface area contributed by atoms with E-state index in [1.165, 1.54) is 11.6 Å². The van der Waals surface area contributed by atoms with Gasteiger partial charge in [-0.1, -0.05) is 48.7 Å². The largest absolute Gasteiger partial charge is 0.340 e. The normalized spacial score (nSPS) is 11.7. The molecule has 0 spiro atoms. The second kappa shape index (κ2) is 11.3. The average molecular weight is 439 g/mol. The third-order valence-corrected chi connectivity index (χ3v) is 5.36. The number of carbonyl (C=O) groups is 2. The van der Waals surface area contributed by atoms with Crippen molar-refractivity contribution >= 4 is 52.5 Å². The van der Waals surface area contributed by atoms with Crippen LogP contribution in [0.15, 0.2) is 42.5 Å². The first-order chi connectivity index (χ1) is 13.4. The van der Waals surface area contributed by atoms with Crippen molar-refractivity contribution < 1.29 is 9.59 Å². The van der Waals surface area contributed by atoms with Crippen molar-refractivity contribution in [3.63, 3.8) is 0 Å². The number of amides is 2. The van der Waals surface area contributed by atoms with Gasteiger partial charge in [0.1, 0.15) is 6.04 Å². The summed E-state index contributed by atoms with van der Waals surface area (Å²) in [6.07, 6.45) is 4.54. The van der Waals surface area contributed by atoms with Gasteiger partial charge in [-0.15, -0.1) is 0 Å². The van der Waals surface area contributed by atoms with Gasteiger partial charge in [-0.05, 0) is 60.7 Å². The first-order valence-corrected chi connectivity index (χ1v) is 11.2. The van der Waals surface area contributed by atoms with Crippen LogP contribution in [0.3, 0.4) is 0 Å². The quantitative estimate of drug-likeness (QED) is 0.547. The van der Waals surface area contributed by atoms with Gasteiger partial charge < -0.3 is 10.6 Å². The van der Waals surface area contributed by atoms with Crippen molar-refractivity contribution in [1.82, 2.24) is 5.32 Å². The lowest BCUT2D eigenvalue weighted by molar-refractivity contribution is -0.118. The lowest BCUT2D eigenvalue weighted by Gasteiger charge is -2.19. The standard InChI is InChI=1S/C21H24Cl2N2O2S/c1-3-4-14-5-8-16(9-6-14)24-21(27)19(11-12-28-2)25-20(26)17-10-7-15(22)13-18(17)23/h5-10,13,19H,3-4,11-12H2,1-2H3,(H,24,27)(H,25,26)/t19-/m1/s1. The number of aryl methyl sites for hydroxylation is 1. The zero-order chi connectivity index (χ0) is 20.5. The van der Waals surface area contributed by atoms with E-state index in [4.69, 9.17) is 23.2 Å². The Hall–Kier alpha value is -1.69. The smallest absolute Gasteiger partial charge is 0.253 e. The number of hydrogen-bond donors (Lipinski definition) is 2. The van der Waals surface area contributed by atoms with E-state index in [1.807, 2.05) is 30.5 Å². The maximum atomic E-state index is 12.7. The highest BCUT2D eigenvalue weighted by atomic mass is 35.5. The Kier molecular flexibility index (Phi) is 9.16. The Morgan fingerprint density at radius 2 is 1.82 bits per heavy atom. The predicted octanol–water partition coefficient (Wildman–Crippen LogP) is 5.44. The van der Waals surface area contributed by atoms with E-state index < -0.39 is 11.9 Å². The summed E-state index contributed by atoms with van der Waals surface area (Å²) < 4.78 is 0. The molecule has 150 valence electrons. The highest BCUT2D eigenvalue weighted by molar-refractivity contribution is 7.98. The first-order valence-electron chi connectivity index (χ1n) is 9.09. The Morgan fingerprint density at radius 3 is 2.43 bits per heavy atom. The third-order valence-electron chi connectivity index (χ3n) is 4.17. The summed E-state index contributed by atoms with van der Waals surface area (Å²) in [6.45, 7) is 2.13. The maximum Gasteiger partial charge on any atom is 0.253 e. The fraction of sp³-hybridized carbons (Fsp3) is 0.333. The molecule has 0 radical (unpaired) electrons. The van der Waals surface area contributed by atoms with E-state index in [-0.39, 0.29) is 16.5 Å². The summed E-state index contributed by atoms with van der Waals surface area (Å²) >= 11 is 13.6. The van der Waals surface area contributed by atoms with Crippen LogP contribution in [0.2, 0.25) is 10.0 Å². The zero-order valence-electron chi connectivity index (χ0n) is 15.9. The van der Waals surface area contributed by atoms with Gasteiger partial charge in [0.2, 0.25) is 5.91 Å². The zero-order valence-corrected chi connectivity index (χ0v) is 18.3. The number of carbonyl (C=O) groups excluding carboxylic acids is 2. The van der Waals surface area contributed by atoms with Gasteiger partial charge in [-0.2, -0.15) is 11.8 Å². The van der Waals surface area contributed by atoms with E-state index in [0.29, 0.717) is 17.1 Å². The van der Waals surface area contributed by atoms with Crippen molar-refractivity contribution in [3.05, 3.63) is 63.6 Å². The van der Waals surface area contributed by atoms with Crippen LogP contribution in [0.1, 0.15) is 35.7 Å². The van der Waals surface area contributed by atoms with Gasteiger partial charge in [0.15, 0.2) is 0 Å². The summed E-state index contributed by atoms with van der Waals surface area (Å²) in [6, 6.07) is 11.8. The summed E-state index contributed by atoms with van der Waals surface area (Å²) in [5, 5.41) is 6.37. The number of benzene rings is 2. The van der Waals surface area contributed by atoms with Crippen LogP contribution in [0.5, 0.6) is 0 Å². The van der Waals surface area contributed by atoms with Crippen LogP contribution >= 0.6 is 35.0 Å². The first kappa shape index (κ1) is 22.6. The van der Waals surface area contributed by atoms with Gasteiger partial charge in [-0.3, -0.25) is 9.59 Å². The van der Waals surface area contributed by atoms with Crippen LogP contribution in [0.4, 0.5) is 5.69 Å². The van der Waals surface area contributed by atoms with Gasteiger partial charge in [-0.25, -0.2) is 0 Å². The summed E-state index contributed by atoms with van der Waals surface area (Å²) in [5.74, 6) is 0.0826. The predicted molar refractivity (Wildman–Crippen MR) is 120 cm³/mol. The van der Waals surface area contributed by atoms with Crippen LogP contribution in [0.25, 0.3) is 0 Å². The number of anilines is 1. The second-order valence-corrected chi connectivity index (χ2v) is 8.20. The molecule has 0 saturated carbocycles. The van der Waals surface area contributed by atoms with Crippen molar-refractivity contribution in [1.29, 1.82) is 0 Å². The monoisotopic (exact) mass is 438 g/mol. The number of rotatable bonds is 9. The van der Waals surface area contributed by atoms with Crippen LogP contribution in [0, 0.1) is 0 Å². The van der Waals surface area contributed by atoms with Crippen LogP contribution in [-0.4, -0.2) is 29.9 Å². The van der Waals surface area contributed by atoms with Gasteiger partial charge in [0, 0.05) is 10.7 Å². The molecule has 7 heteroatoms. The number of hydrogen-bond acceptors (Lipinski definition) is 3. The third kappa shape index (κ3) is 6.73. The topological polar surface area (TPSA) is 58.2 Å². The molecule has 2 aromatic rings. The van der Waals surface area contributed by atoms with Crippen LogP contribution < -0.4 is 10.6 Å². The number of nitrogens with one attached hydrogen (secondary N) is 2. The molecule has 28 heavy (non-hydrogen) atoms. The number of thioether (sulfide) groups is 1. The molecule has 1 atom stereocenters. The summed E-state index contributed by atoms with van der Waals surface area (Å²) in [4.78, 5) is 25.3. The molecular weight excluding hydrogens is 415 g/mol.